The predicted molar refractivity (Wildman–Crippen MR) is 109 cm³/mol. The van der Waals surface area contributed by atoms with Crippen LogP contribution in [-0.4, -0.2) is 27.7 Å². The lowest BCUT2D eigenvalue weighted by Crippen LogP contribution is -2.19. The quantitative estimate of drug-likeness (QED) is 0.593. The van der Waals surface area contributed by atoms with E-state index < -0.39 is 29.4 Å². The van der Waals surface area contributed by atoms with E-state index in [0.29, 0.717) is 21.8 Å². The van der Waals surface area contributed by atoms with Gasteiger partial charge in [-0.2, -0.15) is 0 Å². The first-order valence-electron chi connectivity index (χ1n) is 9.16. The zero-order chi connectivity index (χ0) is 21.5. The Bertz CT molecular complexity index is 1120. The average molecular weight is 418 g/mol. The van der Waals surface area contributed by atoms with Crippen LogP contribution in [0.3, 0.4) is 0 Å². The number of aromatic nitrogens is 1. The number of benzene rings is 2. The molecular formula is C22H21ClFNO4. The van der Waals surface area contributed by atoms with Gasteiger partial charge in [-0.05, 0) is 63.6 Å². The van der Waals surface area contributed by atoms with Crippen molar-refractivity contribution in [3.05, 3.63) is 64.1 Å². The first-order chi connectivity index (χ1) is 13.6. The molecule has 0 spiro atoms. The third kappa shape index (κ3) is 3.72. The summed E-state index contributed by atoms with van der Waals surface area (Å²) in [5.74, 6) is -3.25. The van der Waals surface area contributed by atoms with Gasteiger partial charge < -0.3 is 9.84 Å². The van der Waals surface area contributed by atoms with E-state index in [-0.39, 0.29) is 17.0 Å². The molecule has 1 aromatic heterocycles. The molecule has 0 aliphatic heterocycles. The Kier molecular flexibility index (Phi) is 5.66. The van der Waals surface area contributed by atoms with Gasteiger partial charge in [0.05, 0.1) is 17.5 Å². The zero-order valence-corrected chi connectivity index (χ0v) is 17.2. The number of carbonyl (C=O) groups excluding carboxylic acids is 2. The molecule has 0 fully saturated rings. The maximum atomic E-state index is 14.9. The van der Waals surface area contributed by atoms with Crippen LogP contribution in [0.1, 0.15) is 48.3 Å². The van der Waals surface area contributed by atoms with Crippen molar-refractivity contribution in [3.63, 3.8) is 0 Å². The molecule has 0 aliphatic rings. The smallest absolute Gasteiger partial charge is 0.313 e. The first-order valence-corrected chi connectivity index (χ1v) is 9.54. The summed E-state index contributed by atoms with van der Waals surface area (Å²) in [6.45, 7) is 6.66. The van der Waals surface area contributed by atoms with Crippen molar-refractivity contribution in [2.45, 2.75) is 39.7 Å². The molecule has 0 saturated carbocycles. The van der Waals surface area contributed by atoms with Gasteiger partial charge >= 0.3 is 5.97 Å². The molecule has 0 saturated heterocycles. The number of phenolic OH excluding ortho intramolecular Hbond substituents is 1. The Morgan fingerprint density at radius 2 is 1.86 bits per heavy atom. The van der Waals surface area contributed by atoms with Crippen LogP contribution in [0.5, 0.6) is 5.75 Å². The third-order valence-electron chi connectivity index (χ3n) is 4.75. The van der Waals surface area contributed by atoms with Crippen LogP contribution in [0.15, 0.2) is 36.4 Å². The SMILES string of the molecule is Cc1c([C@@H](C)C(=O)OC(C)C)c2c(F)c(O)ccc2n1C(=O)c1cccc(Cl)c1. The molecule has 0 unspecified atom stereocenters. The number of carbonyl (C=O) groups is 2. The van der Waals surface area contributed by atoms with Gasteiger partial charge in [-0.15, -0.1) is 0 Å². The summed E-state index contributed by atoms with van der Waals surface area (Å²) in [7, 11) is 0. The normalized spacial score (nSPS) is 12.4. The highest BCUT2D eigenvalue weighted by Crippen LogP contribution is 2.37. The largest absolute Gasteiger partial charge is 0.505 e. The first kappa shape index (κ1) is 20.9. The van der Waals surface area contributed by atoms with Gasteiger partial charge in [-0.25, -0.2) is 4.39 Å². The van der Waals surface area contributed by atoms with E-state index in [1.807, 2.05) is 0 Å². The number of esters is 1. The average Bonchev–Trinajstić information content (AvgIpc) is 2.95. The van der Waals surface area contributed by atoms with Gasteiger partial charge in [0.2, 0.25) is 0 Å². The van der Waals surface area contributed by atoms with Gasteiger partial charge in [0, 0.05) is 21.7 Å². The number of halogens is 2. The summed E-state index contributed by atoms with van der Waals surface area (Å²) in [4.78, 5) is 25.7. The van der Waals surface area contributed by atoms with Gasteiger partial charge in [0.15, 0.2) is 11.6 Å². The van der Waals surface area contributed by atoms with E-state index in [1.54, 1.807) is 45.9 Å². The van der Waals surface area contributed by atoms with Crippen LogP contribution in [0.4, 0.5) is 4.39 Å². The molecule has 7 heteroatoms. The molecule has 2 aromatic carbocycles. The summed E-state index contributed by atoms with van der Waals surface area (Å²) in [6.07, 6.45) is -0.343. The number of hydrogen-bond acceptors (Lipinski definition) is 4. The van der Waals surface area contributed by atoms with Crippen molar-refractivity contribution < 1.29 is 23.8 Å². The van der Waals surface area contributed by atoms with Crippen LogP contribution >= 0.6 is 11.6 Å². The zero-order valence-electron chi connectivity index (χ0n) is 16.5. The maximum Gasteiger partial charge on any atom is 0.313 e. The Labute approximate surface area is 172 Å². The molecule has 0 radical (unpaired) electrons. The fraction of sp³-hybridized carbons (Fsp3) is 0.273. The summed E-state index contributed by atoms with van der Waals surface area (Å²) < 4.78 is 21.5. The van der Waals surface area contributed by atoms with Gasteiger partial charge in [-0.1, -0.05) is 17.7 Å². The second-order valence-electron chi connectivity index (χ2n) is 7.15. The highest BCUT2D eigenvalue weighted by molar-refractivity contribution is 6.31. The minimum Gasteiger partial charge on any atom is -0.505 e. The third-order valence-corrected chi connectivity index (χ3v) is 4.98. The summed E-state index contributed by atoms with van der Waals surface area (Å²) in [5, 5.41) is 10.3. The second-order valence-corrected chi connectivity index (χ2v) is 7.59. The maximum absolute atomic E-state index is 14.9. The highest BCUT2D eigenvalue weighted by Gasteiger charge is 2.30. The number of nitrogens with zero attached hydrogens (tertiary/aromatic N) is 1. The van der Waals surface area contributed by atoms with Gasteiger partial charge in [0.1, 0.15) is 0 Å². The number of fused-ring (bicyclic) bond motifs is 1. The standard InChI is InChI=1S/C22H21ClFNO4/c1-11(2)29-22(28)12(3)18-13(4)25(16-8-9-17(26)20(24)19(16)18)21(27)14-6-5-7-15(23)10-14/h5-12,26H,1-4H3/t12-/m1/s1. The minimum absolute atomic E-state index is 0.0195. The van der Waals surface area contributed by atoms with E-state index in [1.165, 1.54) is 22.8 Å². The monoisotopic (exact) mass is 417 g/mol. The number of phenols is 1. The predicted octanol–water partition coefficient (Wildman–Crippen LogP) is 5.19. The molecule has 1 atom stereocenters. The summed E-state index contributed by atoms with van der Waals surface area (Å²) >= 11 is 6.01. The van der Waals surface area contributed by atoms with Crippen LogP contribution in [0.2, 0.25) is 5.02 Å². The van der Waals surface area contributed by atoms with E-state index in [0.717, 1.165) is 0 Å². The molecule has 1 N–H and O–H groups in total. The molecular weight excluding hydrogens is 397 g/mol. The number of ether oxygens (including phenoxy) is 1. The van der Waals surface area contributed by atoms with E-state index >= 15 is 0 Å². The number of aromatic hydroxyl groups is 1. The van der Waals surface area contributed by atoms with Crippen molar-refractivity contribution in [2.24, 2.45) is 0 Å². The van der Waals surface area contributed by atoms with Crippen LogP contribution in [0, 0.1) is 12.7 Å². The Morgan fingerprint density at radius 3 is 2.48 bits per heavy atom. The summed E-state index contributed by atoms with van der Waals surface area (Å²) in [5.41, 5.74) is 1.26. The molecule has 0 amide bonds. The van der Waals surface area contributed by atoms with Gasteiger partial charge in [-0.3, -0.25) is 14.2 Å². The Balaban J connectivity index is 2.27. The molecule has 3 rings (SSSR count). The van der Waals surface area contributed by atoms with Crippen molar-refractivity contribution >= 4 is 34.4 Å². The number of rotatable bonds is 4. The lowest BCUT2D eigenvalue weighted by atomic mass is 9.97. The van der Waals surface area contributed by atoms with Crippen molar-refractivity contribution in [3.8, 4) is 5.75 Å². The van der Waals surface area contributed by atoms with Crippen LogP contribution in [0.25, 0.3) is 10.9 Å². The van der Waals surface area contributed by atoms with Crippen molar-refractivity contribution in [2.75, 3.05) is 0 Å². The topological polar surface area (TPSA) is 68.5 Å². The molecule has 0 aliphatic carbocycles. The fourth-order valence-corrected chi connectivity index (χ4v) is 3.66. The molecule has 0 bridgehead atoms. The van der Waals surface area contributed by atoms with E-state index in [2.05, 4.69) is 0 Å². The highest BCUT2D eigenvalue weighted by atomic mass is 35.5. The van der Waals surface area contributed by atoms with E-state index in [4.69, 9.17) is 16.3 Å². The van der Waals surface area contributed by atoms with Crippen molar-refractivity contribution in [1.82, 2.24) is 4.57 Å². The lowest BCUT2D eigenvalue weighted by Gasteiger charge is -2.15. The van der Waals surface area contributed by atoms with Gasteiger partial charge in [0.25, 0.3) is 5.91 Å². The lowest BCUT2D eigenvalue weighted by molar-refractivity contribution is -0.148. The minimum atomic E-state index is -0.887. The Morgan fingerprint density at radius 1 is 1.17 bits per heavy atom. The molecule has 152 valence electrons. The molecule has 1 heterocycles. The Hall–Kier alpha value is -2.86. The second kappa shape index (κ2) is 7.87. The summed E-state index contributed by atoms with van der Waals surface area (Å²) in [6, 6.07) is 9.04. The van der Waals surface area contributed by atoms with Crippen molar-refractivity contribution in [1.29, 1.82) is 0 Å². The fourth-order valence-electron chi connectivity index (χ4n) is 3.47. The van der Waals surface area contributed by atoms with Crippen LogP contribution in [-0.2, 0) is 9.53 Å². The molecule has 29 heavy (non-hydrogen) atoms. The van der Waals surface area contributed by atoms with E-state index in [9.17, 15) is 19.1 Å². The molecule has 5 nitrogen and oxygen atoms in total. The number of hydrogen-bond donors (Lipinski definition) is 1. The molecule has 3 aromatic rings. The van der Waals surface area contributed by atoms with Crippen LogP contribution < -0.4 is 0 Å².